The van der Waals surface area contributed by atoms with E-state index in [2.05, 4.69) is 5.32 Å². The average Bonchev–Trinajstić information content (AvgIpc) is 2.90. The van der Waals surface area contributed by atoms with Crippen LogP contribution in [0.5, 0.6) is 0 Å². The van der Waals surface area contributed by atoms with E-state index in [1.165, 1.54) is 17.0 Å². The molecule has 0 radical (unpaired) electrons. The van der Waals surface area contributed by atoms with Gasteiger partial charge in [0.1, 0.15) is 11.5 Å². The molecule has 1 fully saturated rings. The zero-order chi connectivity index (χ0) is 19.4. The highest BCUT2D eigenvalue weighted by molar-refractivity contribution is 8.19. The van der Waals surface area contributed by atoms with E-state index in [1.807, 2.05) is 30.3 Å². The minimum atomic E-state index is -1.15. The quantitative estimate of drug-likeness (QED) is 0.587. The summed E-state index contributed by atoms with van der Waals surface area (Å²) in [5, 5.41) is 11.4. The van der Waals surface area contributed by atoms with Gasteiger partial charge in [-0.15, -0.1) is 0 Å². The Morgan fingerprint density at radius 3 is 2.48 bits per heavy atom. The number of anilines is 1. The minimum absolute atomic E-state index is 0.0276. The van der Waals surface area contributed by atoms with Crippen LogP contribution in [0.4, 0.5) is 10.5 Å². The van der Waals surface area contributed by atoms with Gasteiger partial charge in [0.05, 0.1) is 16.2 Å². The van der Waals surface area contributed by atoms with E-state index in [9.17, 15) is 19.5 Å². The van der Waals surface area contributed by atoms with Gasteiger partial charge in [0.15, 0.2) is 0 Å². The molecule has 2 amide bonds. The summed E-state index contributed by atoms with van der Waals surface area (Å²) in [6.07, 6.45) is 1.79. The standard InChI is InChI=1S/C19H14N2O4S2/c22-16(20-14-9-5-4-8-13(14)18(23)24)11-21-17(26)15(27-19(21)25)10-12-6-2-1-3-7-12/h1-10H,11H2,(H,20,22)(H,23,24)/b15-10-. The van der Waals surface area contributed by atoms with Gasteiger partial charge in [0.25, 0.3) is 5.24 Å². The Morgan fingerprint density at radius 2 is 1.78 bits per heavy atom. The first-order chi connectivity index (χ1) is 13.0. The Bertz CT molecular complexity index is 957. The normalized spacial score (nSPS) is 15.3. The van der Waals surface area contributed by atoms with Gasteiger partial charge in [-0.25, -0.2) is 4.79 Å². The molecule has 2 N–H and O–H groups in total. The third kappa shape index (κ3) is 4.42. The van der Waals surface area contributed by atoms with Gasteiger partial charge in [0.2, 0.25) is 5.91 Å². The molecule has 2 aromatic rings. The number of nitrogens with zero attached hydrogens (tertiary/aromatic N) is 1. The summed E-state index contributed by atoms with van der Waals surface area (Å²) < 4.78 is 0. The highest BCUT2D eigenvalue weighted by Crippen LogP contribution is 2.33. The van der Waals surface area contributed by atoms with Gasteiger partial charge in [-0.05, 0) is 35.5 Å². The Labute approximate surface area is 164 Å². The van der Waals surface area contributed by atoms with E-state index in [0.29, 0.717) is 4.91 Å². The molecular weight excluding hydrogens is 384 g/mol. The summed E-state index contributed by atoms with van der Waals surface area (Å²) in [6, 6.07) is 15.5. The zero-order valence-electron chi connectivity index (χ0n) is 13.9. The summed E-state index contributed by atoms with van der Waals surface area (Å²) in [5.74, 6) is -1.68. The molecule has 0 spiro atoms. The van der Waals surface area contributed by atoms with Crippen LogP contribution in [0.15, 0.2) is 59.5 Å². The van der Waals surface area contributed by atoms with Crippen molar-refractivity contribution in [3.63, 3.8) is 0 Å². The van der Waals surface area contributed by atoms with Gasteiger partial charge >= 0.3 is 5.97 Å². The highest BCUT2D eigenvalue weighted by atomic mass is 32.2. The summed E-state index contributed by atoms with van der Waals surface area (Å²) in [4.78, 5) is 37.8. The molecule has 0 atom stereocenters. The van der Waals surface area contributed by atoms with Crippen molar-refractivity contribution < 1.29 is 19.5 Å². The monoisotopic (exact) mass is 398 g/mol. The number of aromatic carboxylic acids is 1. The Balaban J connectivity index is 1.71. The van der Waals surface area contributed by atoms with E-state index in [0.717, 1.165) is 17.3 Å². The Hall–Kier alpha value is -2.97. The molecule has 1 aliphatic rings. The summed E-state index contributed by atoms with van der Waals surface area (Å²) in [6.45, 7) is -0.287. The molecule has 2 aromatic carbocycles. The molecule has 1 saturated heterocycles. The molecule has 136 valence electrons. The number of para-hydroxylation sites is 1. The fraction of sp³-hybridized carbons (Fsp3) is 0.0526. The van der Waals surface area contributed by atoms with Gasteiger partial charge in [-0.1, -0.05) is 54.7 Å². The maximum atomic E-state index is 12.3. The number of hydrogen-bond acceptors (Lipinski definition) is 5. The maximum Gasteiger partial charge on any atom is 0.337 e. The molecule has 1 heterocycles. The molecule has 0 aliphatic carbocycles. The van der Waals surface area contributed by atoms with Gasteiger partial charge in [-0.3, -0.25) is 14.5 Å². The second-order valence-electron chi connectivity index (χ2n) is 5.58. The van der Waals surface area contributed by atoms with Crippen LogP contribution in [0.25, 0.3) is 6.08 Å². The largest absolute Gasteiger partial charge is 0.478 e. The number of hydrogen-bond donors (Lipinski definition) is 2. The number of carboxylic acids is 1. The molecule has 0 saturated carbocycles. The third-order valence-electron chi connectivity index (χ3n) is 3.70. The topological polar surface area (TPSA) is 86.7 Å². The number of carboxylic acid groups (broad SMARTS) is 1. The van der Waals surface area contributed by atoms with Gasteiger partial charge < -0.3 is 10.4 Å². The Morgan fingerprint density at radius 1 is 1.11 bits per heavy atom. The van der Waals surface area contributed by atoms with E-state index >= 15 is 0 Å². The van der Waals surface area contributed by atoms with E-state index < -0.39 is 11.9 Å². The lowest BCUT2D eigenvalue weighted by Gasteiger charge is -2.15. The maximum absolute atomic E-state index is 12.3. The molecule has 0 aromatic heterocycles. The summed E-state index contributed by atoms with van der Waals surface area (Å²) in [5.41, 5.74) is 1.04. The molecule has 3 rings (SSSR count). The number of carbonyl (C=O) groups is 3. The van der Waals surface area contributed by atoms with Crippen LogP contribution >= 0.6 is 24.0 Å². The molecule has 0 bridgehead atoms. The lowest BCUT2D eigenvalue weighted by molar-refractivity contribution is -0.116. The number of nitrogens with one attached hydrogen (secondary N) is 1. The predicted molar refractivity (Wildman–Crippen MR) is 109 cm³/mol. The number of thiocarbonyl (C=S) groups is 1. The number of carbonyl (C=O) groups excluding carboxylic acids is 2. The SMILES string of the molecule is O=C(CN1C(=O)S/C(=C\c2ccccc2)C1=S)Nc1ccccc1C(=O)O. The summed E-state index contributed by atoms with van der Waals surface area (Å²) in [7, 11) is 0. The highest BCUT2D eigenvalue weighted by Gasteiger charge is 2.33. The predicted octanol–water partition coefficient (Wildman–Crippen LogP) is 3.86. The van der Waals surface area contributed by atoms with Gasteiger partial charge in [0, 0.05) is 0 Å². The first kappa shape index (κ1) is 18.8. The van der Waals surface area contributed by atoms with Crippen LogP contribution in [0.1, 0.15) is 15.9 Å². The van der Waals surface area contributed by atoms with Crippen molar-refractivity contribution in [1.29, 1.82) is 0 Å². The molecule has 8 heteroatoms. The zero-order valence-corrected chi connectivity index (χ0v) is 15.5. The van der Waals surface area contributed by atoms with Crippen molar-refractivity contribution in [2.24, 2.45) is 0 Å². The van der Waals surface area contributed by atoms with Crippen molar-refractivity contribution >= 4 is 57.8 Å². The number of thioether (sulfide) groups is 1. The van der Waals surface area contributed by atoms with Crippen molar-refractivity contribution in [3.05, 3.63) is 70.6 Å². The van der Waals surface area contributed by atoms with Crippen LogP contribution in [0.3, 0.4) is 0 Å². The van der Waals surface area contributed by atoms with Gasteiger partial charge in [-0.2, -0.15) is 0 Å². The van der Waals surface area contributed by atoms with Crippen LogP contribution in [0, 0.1) is 0 Å². The number of rotatable bonds is 5. The van der Waals surface area contributed by atoms with Crippen LogP contribution in [-0.4, -0.2) is 38.7 Å². The van der Waals surface area contributed by atoms with Crippen LogP contribution < -0.4 is 5.32 Å². The van der Waals surface area contributed by atoms with Crippen molar-refractivity contribution in [2.45, 2.75) is 0 Å². The fourth-order valence-corrected chi connectivity index (χ4v) is 3.68. The average molecular weight is 398 g/mol. The second-order valence-corrected chi connectivity index (χ2v) is 6.96. The Kier molecular flexibility index (Phi) is 5.68. The smallest absolute Gasteiger partial charge is 0.337 e. The molecular formula is C19H14N2O4S2. The first-order valence-electron chi connectivity index (χ1n) is 7.88. The minimum Gasteiger partial charge on any atom is -0.478 e. The molecule has 0 unspecified atom stereocenters. The summed E-state index contributed by atoms with van der Waals surface area (Å²) >= 11 is 6.30. The molecule has 27 heavy (non-hydrogen) atoms. The van der Waals surface area contributed by atoms with Crippen LogP contribution in [0.2, 0.25) is 0 Å². The van der Waals surface area contributed by atoms with Crippen molar-refractivity contribution in [1.82, 2.24) is 4.90 Å². The fourth-order valence-electron chi connectivity index (χ4n) is 2.45. The molecule has 6 nitrogen and oxygen atoms in total. The van der Waals surface area contributed by atoms with E-state index in [1.54, 1.807) is 18.2 Å². The van der Waals surface area contributed by atoms with E-state index in [4.69, 9.17) is 12.2 Å². The second kappa shape index (κ2) is 8.15. The first-order valence-corrected chi connectivity index (χ1v) is 9.11. The van der Waals surface area contributed by atoms with Crippen molar-refractivity contribution in [2.75, 3.05) is 11.9 Å². The van der Waals surface area contributed by atoms with Crippen LogP contribution in [-0.2, 0) is 4.79 Å². The number of benzene rings is 2. The van der Waals surface area contributed by atoms with Crippen molar-refractivity contribution in [3.8, 4) is 0 Å². The lowest BCUT2D eigenvalue weighted by atomic mass is 10.2. The molecule has 1 aliphatic heterocycles. The van der Waals surface area contributed by atoms with E-state index in [-0.39, 0.29) is 28.0 Å². The number of amides is 2. The third-order valence-corrected chi connectivity index (χ3v) is 5.20. The lowest BCUT2D eigenvalue weighted by Crippen LogP contribution is -2.35.